The van der Waals surface area contributed by atoms with Crippen LogP contribution in [0.3, 0.4) is 0 Å². The van der Waals surface area contributed by atoms with Crippen LogP contribution < -0.4 is 5.32 Å². The molecule has 1 aliphatic heterocycles. The summed E-state index contributed by atoms with van der Waals surface area (Å²) in [6, 6.07) is 4.90. The molecule has 0 aliphatic carbocycles. The van der Waals surface area contributed by atoms with Gasteiger partial charge in [-0.2, -0.15) is 0 Å². The molecule has 0 saturated carbocycles. The van der Waals surface area contributed by atoms with Crippen molar-refractivity contribution in [1.82, 2.24) is 5.32 Å². The zero-order valence-electron chi connectivity index (χ0n) is 9.95. The maximum Gasteiger partial charge on any atom is 0.0588 e. The summed E-state index contributed by atoms with van der Waals surface area (Å²) >= 11 is 1.85. The highest BCUT2D eigenvalue weighted by Gasteiger charge is 2.15. The van der Waals surface area contributed by atoms with E-state index in [1.54, 1.807) is 0 Å². The molecule has 1 aliphatic rings. The summed E-state index contributed by atoms with van der Waals surface area (Å²) in [6.07, 6.45) is 5.32. The third-order valence-corrected chi connectivity index (χ3v) is 3.97. The van der Waals surface area contributed by atoms with Crippen LogP contribution in [0.5, 0.6) is 0 Å². The average molecular weight is 239 g/mol. The molecule has 2 unspecified atom stereocenters. The zero-order valence-corrected chi connectivity index (χ0v) is 10.8. The first-order valence-corrected chi connectivity index (χ1v) is 7.10. The lowest BCUT2D eigenvalue weighted by molar-refractivity contribution is 0.103. The quantitative estimate of drug-likeness (QED) is 0.824. The van der Waals surface area contributed by atoms with Crippen molar-refractivity contribution in [2.24, 2.45) is 0 Å². The third-order valence-electron chi connectivity index (χ3n) is 3.07. The highest BCUT2D eigenvalue weighted by atomic mass is 32.1. The number of thiophene rings is 1. The van der Waals surface area contributed by atoms with Crippen LogP contribution in [-0.2, 0) is 11.2 Å². The Morgan fingerprint density at radius 3 is 3.25 bits per heavy atom. The monoisotopic (exact) mass is 239 g/mol. The molecule has 2 heterocycles. The van der Waals surface area contributed by atoms with Gasteiger partial charge in [-0.1, -0.05) is 6.07 Å². The third kappa shape index (κ3) is 3.89. The van der Waals surface area contributed by atoms with Crippen LogP contribution in [0.4, 0.5) is 0 Å². The molecule has 16 heavy (non-hydrogen) atoms. The molecular formula is C13H21NOS. The fraction of sp³-hybridized carbons (Fsp3) is 0.692. The van der Waals surface area contributed by atoms with Crippen LogP contribution in [0.2, 0.25) is 0 Å². The van der Waals surface area contributed by atoms with Crippen LogP contribution in [0.25, 0.3) is 0 Å². The standard InChI is InChI=1S/C13H21NOS/c1-11(10-13-5-3-9-16-13)14-7-6-12-4-2-8-15-12/h3,5,9,11-12,14H,2,4,6-8,10H2,1H3. The molecule has 3 heteroatoms. The highest BCUT2D eigenvalue weighted by molar-refractivity contribution is 7.09. The van der Waals surface area contributed by atoms with E-state index in [1.807, 2.05) is 11.3 Å². The average Bonchev–Trinajstić information content (AvgIpc) is 2.90. The Hall–Kier alpha value is -0.380. The first kappa shape index (κ1) is 12.1. The number of nitrogens with one attached hydrogen (secondary N) is 1. The van der Waals surface area contributed by atoms with Crippen molar-refractivity contribution < 1.29 is 4.74 Å². The molecule has 0 spiro atoms. The normalized spacial score (nSPS) is 22.4. The lowest BCUT2D eigenvalue weighted by Crippen LogP contribution is -2.30. The maximum atomic E-state index is 5.60. The summed E-state index contributed by atoms with van der Waals surface area (Å²) in [6.45, 7) is 4.31. The van der Waals surface area contributed by atoms with Crippen molar-refractivity contribution in [2.75, 3.05) is 13.2 Å². The lowest BCUT2D eigenvalue weighted by Gasteiger charge is -2.15. The fourth-order valence-electron chi connectivity index (χ4n) is 2.17. The fourth-order valence-corrected chi connectivity index (χ4v) is 3.00. The van der Waals surface area contributed by atoms with Crippen LogP contribution in [-0.4, -0.2) is 25.3 Å². The lowest BCUT2D eigenvalue weighted by atomic mass is 10.1. The van der Waals surface area contributed by atoms with Gasteiger partial charge in [0.05, 0.1) is 6.10 Å². The van der Waals surface area contributed by atoms with E-state index in [2.05, 4.69) is 29.8 Å². The first-order valence-electron chi connectivity index (χ1n) is 6.22. The summed E-state index contributed by atoms with van der Waals surface area (Å²) < 4.78 is 5.60. The highest BCUT2D eigenvalue weighted by Crippen LogP contribution is 2.15. The number of hydrogen-bond acceptors (Lipinski definition) is 3. The van der Waals surface area contributed by atoms with Crippen molar-refractivity contribution in [3.05, 3.63) is 22.4 Å². The van der Waals surface area contributed by atoms with Gasteiger partial charge in [0.2, 0.25) is 0 Å². The van der Waals surface area contributed by atoms with Crippen LogP contribution in [0.1, 0.15) is 31.1 Å². The topological polar surface area (TPSA) is 21.3 Å². The molecular weight excluding hydrogens is 218 g/mol. The summed E-state index contributed by atoms with van der Waals surface area (Å²) in [5, 5.41) is 5.72. The Labute approximate surface area is 102 Å². The minimum absolute atomic E-state index is 0.515. The molecule has 1 N–H and O–H groups in total. The number of hydrogen-bond donors (Lipinski definition) is 1. The van der Waals surface area contributed by atoms with Crippen molar-refractivity contribution in [1.29, 1.82) is 0 Å². The van der Waals surface area contributed by atoms with Crippen LogP contribution in [0.15, 0.2) is 17.5 Å². The summed E-state index contributed by atoms with van der Waals surface area (Å²) in [7, 11) is 0. The molecule has 0 amide bonds. The molecule has 2 nitrogen and oxygen atoms in total. The second-order valence-electron chi connectivity index (χ2n) is 4.56. The molecule has 0 bridgehead atoms. The number of rotatable bonds is 6. The van der Waals surface area contributed by atoms with E-state index in [0.29, 0.717) is 12.1 Å². The molecule has 1 saturated heterocycles. The zero-order chi connectivity index (χ0) is 11.2. The molecule has 1 fully saturated rings. The van der Waals surface area contributed by atoms with Gasteiger partial charge >= 0.3 is 0 Å². The SMILES string of the molecule is CC(Cc1cccs1)NCCC1CCCO1. The van der Waals surface area contributed by atoms with Crippen LogP contribution >= 0.6 is 11.3 Å². The summed E-state index contributed by atoms with van der Waals surface area (Å²) in [4.78, 5) is 1.47. The first-order chi connectivity index (χ1) is 7.84. The van der Waals surface area contributed by atoms with E-state index < -0.39 is 0 Å². The van der Waals surface area contributed by atoms with Gasteiger partial charge in [0.25, 0.3) is 0 Å². The van der Waals surface area contributed by atoms with Crippen molar-refractivity contribution in [3.8, 4) is 0 Å². The Bertz CT molecular complexity index is 280. The molecule has 2 atom stereocenters. The van der Waals surface area contributed by atoms with Gasteiger partial charge in [-0.3, -0.25) is 0 Å². The van der Waals surface area contributed by atoms with Gasteiger partial charge in [0.15, 0.2) is 0 Å². The van der Waals surface area contributed by atoms with E-state index in [9.17, 15) is 0 Å². The largest absolute Gasteiger partial charge is 0.378 e. The van der Waals surface area contributed by atoms with Gasteiger partial charge < -0.3 is 10.1 Å². The molecule has 2 rings (SSSR count). The molecule has 1 aromatic rings. The Morgan fingerprint density at radius 1 is 1.62 bits per heavy atom. The van der Waals surface area contributed by atoms with Gasteiger partial charge in [-0.25, -0.2) is 0 Å². The van der Waals surface area contributed by atoms with E-state index in [0.717, 1.165) is 26.0 Å². The van der Waals surface area contributed by atoms with Gasteiger partial charge in [0, 0.05) is 17.5 Å². The molecule has 0 aromatic carbocycles. The molecule has 1 aromatic heterocycles. The molecule has 0 radical (unpaired) electrons. The summed E-state index contributed by atoms with van der Waals surface area (Å²) in [5.74, 6) is 0. The van der Waals surface area contributed by atoms with E-state index in [4.69, 9.17) is 4.74 Å². The minimum Gasteiger partial charge on any atom is -0.378 e. The van der Waals surface area contributed by atoms with Gasteiger partial charge in [-0.15, -0.1) is 11.3 Å². The minimum atomic E-state index is 0.515. The second kappa shape index (κ2) is 6.38. The summed E-state index contributed by atoms with van der Waals surface area (Å²) in [5.41, 5.74) is 0. The van der Waals surface area contributed by atoms with Gasteiger partial charge in [-0.05, 0) is 50.6 Å². The second-order valence-corrected chi connectivity index (χ2v) is 5.59. The van der Waals surface area contributed by atoms with E-state index in [-0.39, 0.29) is 0 Å². The van der Waals surface area contributed by atoms with Gasteiger partial charge in [0.1, 0.15) is 0 Å². The Morgan fingerprint density at radius 2 is 2.56 bits per heavy atom. The maximum absolute atomic E-state index is 5.60. The Balaban J connectivity index is 1.58. The smallest absolute Gasteiger partial charge is 0.0588 e. The van der Waals surface area contributed by atoms with Crippen molar-refractivity contribution in [3.63, 3.8) is 0 Å². The van der Waals surface area contributed by atoms with Crippen LogP contribution in [0, 0.1) is 0 Å². The van der Waals surface area contributed by atoms with E-state index >= 15 is 0 Å². The van der Waals surface area contributed by atoms with Crippen molar-refractivity contribution >= 4 is 11.3 Å². The molecule has 90 valence electrons. The van der Waals surface area contributed by atoms with Crippen molar-refractivity contribution in [2.45, 2.75) is 44.8 Å². The van der Waals surface area contributed by atoms with E-state index in [1.165, 1.54) is 17.7 Å². The Kier molecular flexibility index (Phi) is 4.82. The predicted octanol–water partition coefficient (Wildman–Crippen LogP) is 2.84. The number of ether oxygens (including phenoxy) is 1. The predicted molar refractivity (Wildman–Crippen MR) is 69.1 cm³/mol.